The van der Waals surface area contributed by atoms with Crippen LogP contribution in [0.1, 0.15) is 28.4 Å². The summed E-state index contributed by atoms with van der Waals surface area (Å²) in [6, 6.07) is 19.2. The Kier molecular flexibility index (Phi) is 7.46. The van der Waals surface area contributed by atoms with Crippen molar-refractivity contribution in [2.75, 3.05) is 11.5 Å². The van der Waals surface area contributed by atoms with Gasteiger partial charge in [0.25, 0.3) is 11.8 Å². The fraction of sp³-hybridized carbons (Fsp3) is 0.111. The van der Waals surface area contributed by atoms with Crippen LogP contribution in [-0.4, -0.2) is 30.4 Å². The zero-order chi connectivity index (χ0) is 25.7. The maximum Gasteiger partial charge on any atom is 0.338 e. The highest BCUT2D eigenvalue weighted by Crippen LogP contribution is 2.28. The Morgan fingerprint density at radius 2 is 1.72 bits per heavy atom. The van der Waals surface area contributed by atoms with Crippen LogP contribution >= 0.6 is 11.6 Å². The van der Waals surface area contributed by atoms with E-state index in [1.54, 1.807) is 25.1 Å². The topological polar surface area (TPSA) is 102 Å². The van der Waals surface area contributed by atoms with E-state index in [9.17, 15) is 19.2 Å². The maximum absolute atomic E-state index is 13.1. The van der Waals surface area contributed by atoms with E-state index in [0.717, 1.165) is 10.5 Å². The number of esters is 1. The number of carbonyl (C=O) groups excluding carboxylic acids is 4. The molecule has 4 rings (SSSR count). The summed E-state index contributed by atoms with van der Waals surface area (Å²) >= 11 is 6.35. The molecule has 1 aliphatic rings. The predicted molar refractivity (Wildman–Crippen MR) is 134 cm³/mol. The smallest absolute Gasteiger partial charge is 0.338 e. The highest BCUT2D eigenvalue weighted by atomic mass is 35.5. The van der Waals surface area contributed by atoms with Crippen LogP contribution in [-0.2, 0) is 20.9 Å². The molecule has 0 radical (unpaired) electrons. The molecule has 4 amide bonds. The molecule has 182 valence electrons. The van der Waals surface area contributed by atoms with Crippen LogP contribution in [0.15, 0.2) is 78.4 Å². The Labute approximate surface area is 212 Å². The largest absolute Gasteiger partial charge is 0.487 e. The van der Waals surface area contributed by atoms with E-state index in [0.29, 0.717) is 22.9 Å². The lowest BCUT2D eigenvalue weighted by Gasteiger charge is -2.26. The van der Waals surface area contributed by atoms with Crippen LogP contribution in [0.2, 0.25) is 5.02 Å². The van der Waals surface area contributed by atoms with Gasteiger partial charge in [0, 0.05) is 0 Å². The van der Waals surface area contributed by atoms with Crippen molar-refractivity contribution in [2.45, 2.75) is 13.5 Å². The lowest BCUT2D eigenvalue weighted by Crippen LogP contribution is -2.54. The van der Waals surface area contributed by atoms with Crippen LogP contribution in [0, 0.1) is 0 Å². The number of amides is 4. The lowest BCUT2D eigenvalue weighted by molar-refractivity contribution is -0.122. The number of urea groups is 1. The SMILES string of the molecule is CCOC(=O)c1ccc(N2C(=O)NC(=O)/C(=C\c3ccc(OCc4ccccc4)c(Cl)c3)C2=O)cc1. The van der Waals surface area contributed by atoms with Gasteiger partial charge >= 0.3 is 12.0 Å². The van der Waals surface area contributed by atoms with Gasteiger partial charge in [-0.15, -0.1) is 0 Å². The summed E-state index contributed by atoms with van der Waals surface area (Å²) in [5, 5.41) is 2.46. The van der Waals surface area contributed by atoms with Crippen LogP contribution in [0.3, 0.4) is 0 Å². The fourth-order valence-corrected chi connectivity index (χ4v) is 3.72. The third-order valence-electron chi connectivity index (χ3n) is 5.24. The molecule has 1 N–H and O–H groups in total. The normalized spacial score (nSPS) is 14.6. The number of imide groups is 2. The van der Waals surface area contributed by atoms with Crippen molar-refractivity contribution in [3.8, 4) is 5.75 Å². The van der Waals surface area contributed by atoms with E-state index in [1.807, 2.05) is 30.3 Å². The summed E-state index contributed by atoms with van der Waals surface area (Å²) in [6.45, 7) is 2.23. The molecule has 0 atom stereocenters. The molecule has 0 aromatic heterocycles. The van der Waals surface area contributed by atoms with Gasteiger partial charge in [-0.25, -0.2) is 14.5 Å². The van der Waals surface area contributed by atoms with Gasteiger partial charge in [-0.05, 0) is 60.5 Å². The standard InChI is InChI=1S/C27H21ClN2O6/c1-2-35-26(33)19-9-11-20(12-10-19)30-25(32)21(24(31)29-27(30)34)14-18-8-13-23(22(28)15-18)36-16-17-6-4-3-5-7-17/h3-15H,2,16H2,1H3,(H,29,31,34)/b21-14+. The fourth-order valence-electron chi connectivity index (χ4n) is 3.48. The Hall–Kier alpha value is -4.43. The van der Waals surface area contributed by atoms with Gasteiger partial charge in [-0.2, -0.15) is 0 Å². The summed E-state index contributed by atoms with van der Waals surface area (Å²) in [5.41, 5.74) is 1.65. The number of hydrogen-bond acceptors (Lipinski definition) is 6. The number of hydrogen-bond donors (Lipinski definition) is 1. The first-order chi connectivity index (χ1) is 17.4. The number of carbonyl (C=O) groups is 4. The first-order valence-electron chi connectivity index (χ1n) is 11.0. The van der Waals surface area contributed by atoms with Crippen molar-refractivity contribution < 1.29 is 28.7 Å². The molecule has 0 saturated carbocycles. The van der Waals surface area contributed by atoms with Crippen molar-refractivity contribution in [3.63, 3.8) is 0 Å². The van der Waals surface area contributed by atoms with Crippen LogP contribution in [0.5, 0.6) is 5.75 Å². The third-order valence-corrected chi connectivity index (χ3v) is 5.54. The molecular weight excluding hydrogens is 484 g/mol. The summed E-state index contributed by atoms with van der Waals surface area (Å²) < 4.78 is 10.7. The molecule has 0 spiro atoms. The molecule has 1 saturated heterocycles. The van der Waals surface area contributed by atoms with Gasteiger partial charge < -0.3 is 9.47 Å². The first-order valence-corrected chi connectivity index (χ1v) is 11.4. The summed E-state index contributed by atoms with van der Waals surface area (Å²) in [4.78, 5) is 50.7. The number of ether oxygens (including phenoxy) is 2. The van der Waals surface area contributed by atoms with Crippen LogP contribution in [0.4, 0.5) is 10.5 Å². The molecule has 1 heterocycles. The Morgan fingerprint density at radius 3 is 2.39 bits per heavy atom. The monoisotopic (exact) mass is 504 g/mol. The molecule has 9 heteroatoms. The van der Waals surface area contributed by atoms with Crippen LogP contribution in [0.25, 0.3) is 6.08 Å². The minimum absolute atomic E-state index is 0.187. The number of halogens is 1. The quantitative estimate of drug-likeness (QED) is 0.283. The molecule has 1 fully saturated rings. The van der Waals surface area contributed by atoms with Gasteiger partial charge in [-0.3, -0.25) is 14.9 Å². The lowest BCUT2D eigenvalue weighted by atomic mass is 10.1. The van der Waals surface area contributed by atoms with E-state index in [2.05, 4.69) is 5.32 Å². The Morgan fingerprint density at radius 1 is 1.00 bits per heavy atom. The third kappa shape index (κ3) is 5.45. The molecule has 0 aliphatic carbocycles. The number of nitrogens with zero attached hydrogens (tertiary/aromatic N) is 1. The molecule has 1 aliphatic heterocycles. The highest BCUT2D eigenvalue weighted by molar-refractivity contribution is 6.39. The number of rotatable bonds is 7. The van der Waals surface area contributed by atoms with Gasteiger partial charge in [0.15, 0.2) is 0 Å². The second kappa shape index (κ2) is 10.9. The highest BCUT2D eigenvalue weighted by Gasteiger charge is 2.36. The molecular formula is C27H21ClN2O6. The molecule has 0 bridgehead atoms. The Bertz CT molecular complexity index is 1350. The average Bonchev–Trinajstić information content (AvgIpc) is 2.87. The van der Waals surface area contributed by atoms with Gasteiger partial charge in [0.1, 0.15) is 17.9 Å². The minimum Gasteiger partial charge on any atom is -0.487 e. The van der Waals surface area contributed by atoms with E-state index >= 15 is 0 Å². The van der Waals surface area contributed by atoms with Crippen molar-refractivity contribution >= 4 is 47.2 Å². The van der Waals surface area contributed by atoms with Crippen molar-refractivity contribution in [1.29, 1.82) is 0 Å². The van der Waals surface area contributed by atoms with Crippen molar-refractivity contribution in [3.05, 3.63) is 100 Å². The number of barbiturate groups is 1. The first kappa shape index (κ1) is 24.7. The van der Waals surface area contributed by atoms with Crippen molar-refractivity contribution in [1.82, 2.24) is 5.32 Å². The van der Waals surface area contributed by atoms with Gasteiger partial charge in [0.2, 0.25) is 0 Å². The molecule has 8 nitrogen and oxygen atoms in total. The van der Waals surface area contributed by atoms with Gasteiger partial charge in [-0.1, -0.05) is 48.0 Å². The molecule has 0 unspecified atom stereocenters. The zero-order valence-electron chi connectivity index (χ0n) is 19.2. The second-order valence-electron chi connectivity index (χ2n) is 7.69. The predicted octanol–water partition coefficient (Wildman–Crippen LogP) is 4.76. The summed E-state index contributed by atoms with van der Waals surface area (Å²) in [6.07, 6.45) is 1.34. The average molecular weight is 505 g/mol. The van der Waals surface area contributed by atoms with E-state index in [1.165, 1.54) is 30.3 Å². The number of nitrogens with one attached hydrogen (secondary N) is 1. The molecule has 3 aromatic rings. The Balaban J connectivity index is 1.54. The number of anilines is 1. The van der Waals surface area contributed by atoms with E-state index in [-0.39, 0.29) is 23.4 Å². The second-order valence-corrected chi connectivity index (χ2v) is 8.10. The van der Waals surface area contributed by atoms with Gasteiger partial charge in [0.05, 0.1) is 22.9 Å². The molecule has 36 heavy (non-hydrogen) atoms. The number of benzene rings is 3. The molecule has 3 aromatic carbocycles. The van der Waals surface area contributed by atoms with E-state index < -0.39 is 23.8 Å². The maximum atomic E-state index is 13.1. The minimum atomic E-state index is -0.895. The van der Waals surface area contributed by atoms with Crippen LogP contribution < -0.4 is 15.0 Å². The summed E-state index contributed by atoms with van der Waals surface area (Å²) in [5.74, 6) is -1.72. The van der Waals surface area contributed by atoms with E-state index in [4.69, 9.17) is 21.1 Å². The summed E-state index contributed by atoms with van der Waals surface area (Å²) in [7, 11) is 0. The van der Waals surface area contributed by atoms with Crippen molar-refractivity contribution in [2.24, 2.45) is 0 Å². The zero-order valence-corrected chi connectivity index (χ0v) is 20.0.